The van der Waals surface area contributed by atoms with E-state index in [1.165, 1.54) is 0 Å². The van der Waals surface area contributed by atoms with Crippen LogP contribution in [0, 0.1) is 20.8 Å². The van der Waals surface area contributed by atoms with Gasteiger partial charge in [-0.1, -0.05) is 0 Å². The summed E-state index contributed by atoms with van der Waals surface area (Å²) in [7, 11) is 4.35. The van der Waals surface area contributed by atoms with Crippen molar-refractivity contribution in [3.8, 4) is 0 Å². The summed E-state index contributed by atoms with van der Waals surface area (Å²) in [5.41, 5.74) is 0. The topological polar surface area (TPSA) is 275 Å². The van der Waals surface area contributed by atoms with Crippen molar-refractivity contribution in [2.45, 2.75) is 12.3 Å². The van der Waals surface area contributed by atoms with Crippen LogP contribution in [0.15, 0.2) is 30.4 Å². The molecule has 3 heterocycles. The molecule has 2 atom stereocenters. The van der Waals surface area contributed by atoms with Gasteiger partial charge in [0.2, 0.25) is 44.4 Å². The molecule has 1 aliphatic heterocycles. The zero-order valence-corrected chi connectivity index (χ0v) is 18.9. The summed E-state index contributed by atoms with van der Waals surface area (Å²) < 4.78 is 9.59. The number of hydrogen-bond acceptors (Lipinski definition) is 20. The van der Waals surface area contributed by atoms with E-state index in [1.54, 1.807) is 0 Å². The van der Waals surface area contributed by atoms with E-state index in [0.29, 0.717) is 0 Å². The number of anilines is 4. The highest BCUT2D eigenvalue weighted by atomic mass is 16.7. The Balaban J connectivity index is 2.04. The number of hydrogen-bond donors (Lipinski definition) is 0. The van der Waals surface area contributed by atoms with Gasteiger partial charge in [0.1, 0.15) is 28.4 Å². The van der Waals surface area contributed by atoms with Crippen molar-refractivity contribution in [3.63, 3.8) is 0 Å². The molecule has 2 aromatic rings. The minimum Gasteiger partial charge on any atom is -0.592 e. The average molecular weight is 518 g/mol. The van der Waals surface area contributed by atoms with Gasteiger partial charge in [-0.2, -0.15) is 0 Å². The Kier molecular flexibility index (Phi) is 7.88. The van der Waals surface area contributed by atoms with E-state index in [2.05, 4.69) is 61.1 Å². The first-order valence-electron chi connectivity index (χ1n) is 9.39. The van der Waals surface area contributed by atoms with Crippen molar-refractivity contribution in [1.82, 2.24) is 20.6 Å². The van der Waals surface area contributed by atoms with E-state index in [9.17, 15) is 20.8 Å². The molecule has 196 valence electrons. The third-order valence-electron chi connectivity index (χ3n) is 4.29. The lowest BCUT2D eigenvalue weighted by molar-refractivity contribution is -0.794. The van der Waals surface area contributed by atoms with E-state index in [4.69, 9.17) is 9.26 Å². The number of aromatic nitrogens is 4. The molecule has 0 N–H and O–H groups in total. The second kappa shape index (κ2) is 11.2. The van der Waals surface area contributed by atoms with Gasteiger partial charge in [0.05, 0.1) is 0 Å². The van der Waals surface area contributed by atoms with Crippen LogP contribution in [0.5, 0.6) is 0 Å². The molecular weight excluding hydrogens is 500 g/mol. The standard InChI is InChI=1S/C12H18N14O10/c1-31-17-23(27)7(24(28)18-32-2)5-21-9-11(15-35-13-9)22(12-10(21)14-36-16-12)6-8(25(29)19-33-3)26(30)20-34-4/h7-8H,5-6H2,1-4H3/b23-17-,24-18+,25-19-,26-20+. The van der Waals surface area contributed by atoms with Gasteiger partial charge >= 0.3 is 12.3 Å². The number of rotatable bonds is 12. The summed E-state index contributed by atoms with van der Waals surface area (Å²) in [6.45, 7) is -1.07. The molecule has 36 heavy (non-hydrogen) atoms. The highest BCUT2D eigenvalue weighted by Crippen LogP contribution is 2.44. The summed E-state index contributed by atoms with van der Waals surface area (Å²) in [5, 5.41) is 76.8. The molecule has 2 unspecified atom stereocenters. The Morgan fingerprint density at radius 1 is 0.611 bits per heavy atom. The van der Waals surface area contributed by atoms with Crippen LogP contribution in [0.1, 0.15) is 0 Å². The van der Waals surface area contributed by atoms with Gasteiger partial charge in [0.25, 0.3) is 0 Å². The number of hydroxylamine groups is 4. The summed E-state index contributed by atoms with van der Waals surface area (Å²) >= 11 is 0. The van der Waals surface area contributed by atoms with Crippen LogP contribution in [0.3, 0.4) is 0 Å². The highest BCUT2D eigenvalue weighted by molar-refractivity contribution is 5.84. The fourth-order valence-corrected chi connectivity index (χ4v) is 2.90. The quantitative estimate of drug-likeness (QED) is 0.152. The van der Waals surface area contributed by atoms with Crippen LogP contribution < -0.4 is 9.80 Å². The van der Waals surface area contributed by atoms with Crippen molar-refractivity contribution < 1.29 is 48.1 Å². The Bertz CT molecular complexity index is 980. The van der Waals surface area contributed by atoms with Gasteiger partial charge in [0.15, 0.2) is 13.1 Å². The van der Waals surface area contributed by atoms with Gasteiger partial charge in [-0.15, -0.1) is 0 Å². The van der Waals surface area contributed by atoms with Crippen LogP contribution >= 0.6 is 0 Å². The van der Waals surface area contributed by atoms with Crippen molar-refractivity contribution in [2.24, 2.45) is 21.1 Å². The molecule has 0 saturated carbocycles. The van der Waals surface area contributed by atoms with Crippen LogP contribution in [0.2, 0.25) is 0 Å². The Morgan fingerprint density at radius 3 is 1.08 bits per heavy atom. The second-order valence-electron chi connectivity index (χ2n) is 6.27. The van der Waals surface area contributed by atoms with Crippen LogP contribution in [-0.4, -0.2) is 93.9 Å². The number of fused-ring (bicyclic) bond motifs is 2. The minimum atomic E-state index is -1.71. The summed E-state index contributed by atoms with van der Waals surface area (Å²) in [5.74, 6) is -0.497. The molecule has 0 aromatic carbocycles. The van der Waals surface area contributed by atoms with Crippen molar-refractivity contribution in [1.29, 1.82) is 0 Å². The predicted octanol–water partition coefficient (Wildman–Crippen LogP) is -0.210. The van der Waals surface area contributed by atoms with E-state index >= 15 is 0 Å². The molecule has 0 saturated heterocycles. The molecule has 0 spiro atoms. The van der Waals surface area contributed by atoms with Crippen molar-refractivity contribution >= 4 is 23.3 Å². The lowest BCUT2D eigenvalue weighted by Gasteiger charge is -2.29. The summed E-state index contributed by atoms with van der Waals surface area (Å²) in [4.78, 5) is 19.6. The Morgan fingerprint density at radius 2 is 0.861 bits per heavy atom. The molecule has 0 amide bonds. The molecule has 0 radical (unpaired) electrons. The van der Waals surface area contributed by atoms with Crippen molar-refractivity contribution in [2.75, 3.05) is 51.3 Å². The first-order chi connectivity index (χ1) is 17.4. The monoisotopic (exact) mass is 518 g/mol. The first-order valence-corrected chi connectivity index (χ1v) is 9.39. The average Bonchev–Trinajstić information content (AvgIpc) is 3.52. The van der Waals surface area contributed by atoms with Gasteiger partial charge in [-0.05, 0) is 20.6 Å². The maximum atomic E-state index is 12.3. The molecule has 0 fully saturated rings. The zero-order chi connectivity index (χ0) is 26.2. The van der Waals surface area contributed by atoms with Crippen LogP contribution in [0.25, 0.3) is 0 Å². The lowest BCUT2D eigenvalue weighted by atomic mass is 10.3. The lowest BCUT2D eigenvalue weighted by Crippen LogP contribution is -2.45. The molecule has 1 aliphatic rings. The van der Waals surface area contributed by atoms with E-state index in [-0.39, 0.29) is 42.7 Å². The van der Waals surface area contributed by atoms with Gasteiger partial charge in [0, 0.05) is 19.4 Å². The van der Waals surface area contributed by atoms with Crippen LogP contribution in [0.4, 0.5) is 23.3 Å². The molecule has 0 bridgehead atoms. The molecule has 3 rings (SSSR count). The second-order valence-corrected chi connectivity index (χ2v) is 6.27. The third kappa shape index (κ3) is 4.94. The molecule has 24 heteroatoms. The largest absolute Gasteiger partial charge is 0.592 e. The normalized spacial score (nSPS) is 16.2. The molecule has 24 nitrogen and oxygen atoms in total. The maximum absolute atomic E-state index is 12.3. The fourth-order valence-electron chi connectivity index (χ4n) is 2.90. The fraction of sp³-hybridized carbons (Fsp3) is 0.667. The van der Waals surface area contributed by atoms with E-state index in [0.717, 1.165) is 38.2 Å². The smallest absolute Gasteiger partial charge is 0.434 e. The van der Waals surface area contributed by atoms with Crippen molar-refractivity contribution in [3.05, 3.63) is 20.8 Å². The van der Waals surface area contributed by atoms with Gasteiger partial charge in [-0.25, -0.2) is 9.26 Å². The number of nitrogens with zero attached hydrogens (tertiary/aromatic N) is 14. The van der Waals surface area contributed by atoms with Crippen LogP contribution in [-0.2, 0) is 19.4 Å². The molecular formula is C12H18N14O10. The van der Waals surface area contributed by atoms with Gasteiger partial charge in [-0.3, -0.25) is 9.80 Å². The van der Waals surface area contributed by atoms with E-state index in [1.807, 2.05) is 0 Å². The van der Waals surface area contributed by atoms with Gasteiger partial charge < -0.3 is 40.2 Å². The Labute approximate surface area is 198 Å². The molecule has 0 aliphatic carbocycles. The Hall–Kier alpha value is -5.32. The highest BCUT2D eigenvalue weighted by Gasteiger charge is 2.46. The summed E-state index contributed by atoms with van der Waals surface area (Å²) in [6, 6.07) is 0. The zero-order valence-electron chi connectivity index (χ0n) is 18.9. The maximum Gasteiger partial charge on any atom is 0.434 e. The first kappa shape index (κ1) is 25.3. The van der Waals surface area contributed by atoms with E-state index < -0.39 is 25.4 Å². The molecule has 2 aromatic heterocycles. The minimum absolute atomic E-state index is 0.0958. The third-order valence-corrected chi connectivity index (χ3v) is 4.29. The SMILES string of the molecule is CO/N=[N+](\[O-])C(CN1c2nonc2N(CC(/[N+]([O-])=N/OC)/[N+]([O-])=N\OC)c2nonc21)/[N+]([O-])=N\OC. The summed E-state index contributed by atoms with van der Waals surface area (Å²) in [6.07, 6.45) is -3.43. The predicted molar refractivity (Wildman–Crippen MR) is 102 cm³/mol.